The molecule has 0 aliphatic heterocycles. The zero-order chi connectivity index (χ0) is 11.7. The molecule has 0 aliphatic carbocycles. The van der Waals surface area contributed by atoms with Crippen molar-refractivity contribution in [2.45, 2.75) is 5.88 Å². The van der Waals surface area contributed by atoms with Crippen molar-refractivity contribution in [2.75, 3.05) is 0 Å². The summed E-state index contributed by atoms with van der Waals surface area (Å²) < 4.78 is 0. The number of hydrogen-bond donors (Lipinski definition) is 0. The highest BCUT2D eigenvalue weighted by Gasteiger charge is 2.07. The summed E-state index contributed by atoms with van der Waals surface area (Å²) in [6, 6.07) is 8.06. The molecule has 2 aromatic heterocycles. The Morgan fingerprint density at radius 1 is 1.06 bits per heavy atom. The summed E-state index contributed by atoms with van der Waals surface area (Å²) in [5.41, 5.74) is 2.88. The summed E-state index contributed by atoms with van der Waals surface area (Å²) in [6.45, 7) is 0. The minimum atomic E-state index is 0.531. The van der Waals surface area contributed by atoms with Crippen LogP contribution in [0.2, 0.25) is 0 Å². The number of nitrogens with zero attached hydrogens (tertiary/aromatic N) is 3. The quantitative estimate of drug-likeness (QED) is 0.663. The molecule has 3 rings (SSSR count). The normalized spacial score (nSPS) is 10.9. The SMILES string of the molecule is ClCc1ccc(-c2nc3nccnc3s2)cc1. The minimum Gasteiger partial charge on any atom is -0.240 e. The van der Waals surface area contributed by atoms with Crippen molar-refractivity contribution >= 4 is 33.4 Å². The molecule has 0 bridgehead atoms. The zero-order valence-corrected chi connectivity index (χ0v) is 10.4. The Bertz CT molecular complexity index is 615. The summed E-state index contributed by atoms with van der Waals surface area (Å²) in [4.78, 5) is 13.7. The third-order valence-electron chi connectivity index (χ3n) is 2.40. The van der Waals surface area contributed by atoms with Crippen molar-refractivity contribution < 1.29 is 0 Å². The van der Waals surface area contributed by atoms with Crippen LogP contribution in [-0.2, 0) is 5.88 Å². The zero-order valence-electron chi connectivity index (χ0n) is 8.80. The van der Waals surface area contributed by atoms with E-state index in [1.807, 2.05) is 24.3 Å². The van der Waals surface area contributed by atoms with Gasteiger partial charge in [-0.1, -0.05) is 35.6 Å². The van der Waals surface area contributed by atoms with Gasteiger partial charge in [0.25, 0.3) is 0 Å². The van der Waals surface area contributed by atoms with Crippen molar-refractivity contribution in [1.29, 1.82) is 0 Å². The molecule has 17 heavy (non-hydrogen) atoms. The Balaban J connectivity index is 2.07. The highest BCUT2D eigenvalue weighted by atomic mass is 35.5. The van der Waals surface area contributed by atoms with E-state index in [2.05, 4.69) is 15.0 Å². The Morgan fingerprint density at radius 2 is 1.82 bits per heavy atom. The summed E-state index contributed by atoms with van der Waals surface area (Å²) in [6.07, 6.45) is 3.34. The second kappa shape index (κ2) is 4.39. The predicted molar refractivity (Wildman–Crippen MR) is 70.2 cm³/mol. The van der Waals surface area contributed by atoms with Gasteiger partial charge in [0.1, 0.15) is 5.01 Å². The van der Waals surface area contributed by atoms with Crippen LogP contribution in [0.15, 0.2) is 36.7 Å². The van der Waals surface area contributed by atoms with Crippen molar-refractivity contribution in [3.63, 3.8) is 0 Å². The summed E-state index contributed by atoms with van der Waals surface area (Å²) in [5, 5.41) is 0.937. The fourth-order valence-electron chi connectivity index (χ4n) is 1.54. The maximum Gasteiger partial charge on any atom is 0.190 e. The van der Waals surface area contributed by atoms with Gasteiger partial charge in [-0.25, -0.2) is 15.0 Å². The number of fused-ring (bicyclic) bond motifs is 1. The number of thiazole rings is 1. The maximum atomic E-state index is 5.76. The van der Waals surface area contributed by atoms with Crippen LogP contribution >= 0.6 is 22.9 Å². The lowest BCUT2D eigenvalue weighted by molar-refractivity contribution is 1.26. The highest BCUT2D eigenvalue weighted by Crippen LogP contribution is 2.27. The molecule has 2 heterocycles. The molecule has 0 aliphatic rings. The number of aromatic nitrogens is 3. The Kier molecular flexibility index (Phi) is 2.74. The van der Waals surface area contributed by atoms with Gasteiger partial charge in [-0.15, -0.1) is 11.6 Å². The van der Waals surface area contributed by atoms with Crippen LogP contribution in [0, 0.1) is 0 Å². The lowest BCUT2D eigenvalue weighted by atomic mass is 10.2. The third kappa shape index (κ3) is 2.01. The third-order valence-corrected chi connectivity index (χ3v) is 3.71. The van der Waals surface area contributed by atoms with Gasteiger partial charge in [-0.3, -0.25) is 0 Å². The summed E-state index contributed by atoms with van der Waals surface area (Å²) in [7, 11) is 0. The average Bonchev–Trinajstić information content (AvgIpc) is 2.82. The molecule has 0 spiro atoms. The molecule has 0 atom stereocenters. The van der Waals surface area contributed by atoms with E-state index in [9.17, 15) is 0 Å². The van der Waals surface area contributed by atoms with Gasteiger partial charge in [-0.2, -0.15) is 0 Å². The van der Waals surface area contributed by atoms with E-state index in [0.717, 1.165) is 21.0 Å². The molecular formula is C12H8ClN3S. The van der Waals surface area contributed by atoms with Gasteiger partial charge in [-0.05, 0) is 5.56 Å². The first kappa shape index (κ1) is 10.6. The molecule has 3 nitrogen and oxygen atoms in total. The van der Waals surface area contributed by atoms with E-state index in [1.54, 1.807) is 23.7 Å². The second-order valence-corrected chi connectivity index (χ2v) is 4.78. The van der Waals surface area contributed by atoms with Crippen LogP contribution in [0.3, 0.4) is 0 Å². The van der Waals surface area contributed by atoms with Crippen LogP contribution in [0.1, 0.15) is 5.56 Å². The topological polar surface area (TPSA) is 38.7 Å². The van der Waals surface area contributed by atoms with Crippen LogP contribution in [0.5, 0.6) is 0 Å². The molecular weight excluding hydrogens is 254 g/mol. The summed E-state index contributed by atoms with van der Waals surface area (Å²) in [5.74, 6) is 0.531. The standard InChI is InChI=1S/C12H8ClN3S/c13-7-8-1-3-9(4-2-8)11-16-10-12(17-11)15-6-5-14-10/h1-6H,7H2. The van der Waals surface area contributed by atoms with Crippen molar-refractivity contribution in [1.82, 2.24) is 15.0 Å². The molecule has 0 saturated heterocycles. The molecule has 0 N–H and O–H groups in total. The highest BCUT2D eigenvalue weighted by molar-refractivity contribution is 7.21. The smallest absolute Gasteiger partial charge is 0.190 e. The van der Waals surface area contributed by atoms with Crippen LogP contribution in [0.4, 0.5) is 0 Å². The molecule has 0 saturated carbocycles. The summed E-state index contributed by atoms with van der Waals surface area (Å²) >= 11 is 7.30. The molecule has 0 amide bonds. The lowest BCUT2D eigenvalue weighted by Gasteiger charge is -1.97. The van der Waals surface area contributed by atoms with Crippen molar-refractivity contribution in [2.24, 2.45) is 0 Å². The molecule has 3 aromatic rings. The lowest BCUT2D eigenvalue weighted by Crippen LogP contribution is -1.80. The Labute approximate surface area is 107 Å². The van der Waals surface area contributed by atoms with Gasteiger partial charge in [0.05, 0.1) is 0 Å². The van der Waals surface area contributed by atoms with E-state index >= 15 is 0 Å². The first-order valence-corrected chi connectivity index (χ1v) is 6.45. The van der Waals surface area contributed by atoms with Gasteiger partial charge < -0.3 is 0 Å². The second-order valence-electron chi connectivity index (χ2n) is 3.53. The van der Waals surface area contributed by atoms with Crippen LogP contribution < -0.4 is 0 Å². The van der Waals surface area contributed by atoms with Crippen LogP contribution in [-0.4, -0.2) is 15.0 Å². The minimum absolute atomic E-state index is 0.531. The number of benzene rings is 1. The van der Waals surface area contributed by atoms with Crippen LogP contribution in [0.25, 0.3) is 21.0 Å². The van der Waals surface area contributed by atoms with E-state index in [-0.39, 0.29) is 0 Å². The number of rotatable bonds is 2. The first-order valence-electron chi connectivity index (χ1n) is 5.09. The largest absolute Gasteiger partial charge is 0.240 e. The fraction of sp³-hybridized carbons (Fsp3) is 0.0833. The molecule has 0 radical (unpaired) electrons. The number of halogens is 1. The molecule has 0 fully saturated rings. The van der Waals surface area contributed by atoms with Gasteiger partial charge >= 0.3 is 0 Å². The number of alkyl halides is 1. The van der Waals surface area contributed by atoms with E-state index in [0.29, 0.717) is 11.5 Å². The monoisotopic (exact) mass is 261 g/mol. The number of hydrogen-bond acceptors (Lipinski definition) is 4. The molecule has 5 heteroatoms. The van der Waals surface area contributed by atoms with Crippen molar-refractivity contribution in [3.05, 3.63) is 42.2 Å². The Hall–Kier alpha value is -1.52. The maximum absolute atomic E-state index is 5.76. The van der Waals surface area contributed by atoms with Gasteiger partial charge in [0.15, 0.2) is 10.5 Å². The Morgan fingerprint density at radius 3 is 2.53 bits per heavy atom. The van der Waals surface area contributed by atoms with Gasteiger partial charge in [0.2, 0.25) is 0 Å². The van der Waals surface area contributed by atoms with Crippen molar-refractivity contribution in [3.8, 4) is 10.6 Å². The van der Waals surface area contributed by atoms with Gasteiger partial charge in [0, 0.05) is 23.8 Å². The first-order chi connectivity index (χ1) is 8.36. The predicted octanol–water partition coefficient (Wildman–Crippen LogP) is 3.49. The van der Waals surface area contributed by atoms with E-state index < -0.39 is 0 Å². The molecule has 0 unspecified atom stereocenters. The average molecular weight is 262 g/mol. The fourth-order valence-corrected chi connectivity index (χ4v) is 2.59. The molecule has 1 aromatic carbocycles. The van der Waals surface area contributed by atoms with E-state index in [4.69, 9.17) is 11.6 Å². The van der Waals surface area contributed by atoms with E-state index in [1.165, 1.54) is 0 Å². The molecule has 84 valence electrons.